The van der Waals surface area contributed by atoms with Crippen LogP contribution in [0.15, 0.2) is 0 Å². The van der Waals surface area contributed by atoms with Gasteiger partial charge >= 0.3 is 13.1 Å². The standard InChI is InChI=1S/C11H22BNO4/c1-7-6-11(13,10(14)15)9(8(7)2)4-3-5-12(16)17/h7-9,16-17H,3-6,13H2,1-2H3,(H,14,15)/t7-,8-,9?,11?/m1/s1. The summed E-state index contributed by atoms with van der Waals surface area (Å²) in [6, 6.07) is 0. The number of rotatable bonds is 5. The van der Waals surface area contributed by atoms with Gasteiger partial charge in [-0.1, -0.05) is 20.3 Å². The lowest BCUT2D eigenvalue weighted by Gasteiger charge is -2.29. The van der Waals surface area contributed by atoms with Crippen LogP contribution in [0.3, 0.4) is 0 Å². The topological polar surface area (TPSA) is 104 Å². The van der Waals surface area contributed by atoms with Gasteiger partial charge in [0.2, 0.25) is 0 Å². The Morgan fingerprint density at radius 1 is 1.47 bits per heavy atom. The van der Waals surface area contributed by atoms with Crippen molar-refractivity contribution in [2.75, 3.05) is 0 Å². The Balaban J connectivity index is 2.68. The maximum atomic E-state index is 11.3. The van der Waals surface area contributed by atoms with Gasteiger partial charge in [-0.2, -0.15) is 0 Å². The van der Waals surface area contributed by atoms with Gasteiger partial charge in [0.25, 0.3) is 0 Å². The largest absolute Gasteiger partial charge is 0.480 e. The van der Waals surface area contributed by atoms with Crippen LogP contribution in [0.4, 0.5) is 0 Å². The lowest BCUT2D eigenvalue weighted by Crippen LogP contribution is -2.51. The quantitative estimate of drug-likeness (QED) is 0.520. The van der Waals surface area contributed by atoms with Gasteiger partial charge in [-0.05, 0) is 36.9 Å². The summed E-state index contributed by atoms with van der Waals surface area (Å²) in [5.74, 6) is -0.482. The second kappa shape index (κ2) is 5.37. The predicted octanol–water partition coefficient (Wildman–Crippen LogP) is 0.314. The Hall–Kier alpha value is -0.585. The Labute approximate surface area is 102 Å². The molecule has 0 heterocycles. The fourth-order valence-corrected chi connectivity index (χ4v) is 3.02. The van der Waals surface area contributed by atoms with E-state index in [1.165, 1.54) is 0 Å². The number of carboxylic acids is 1. The average molecular weight is 243 g/mol. The molecule has 1 fully saturated rings. The second-order valence-corrected chi connectivity index (χ2v) is 5.40. The van der Waals surface area contributed by atoms with Crippen LogP contribution >= 0.6 is 0 Å². The number of hydrogen-bond acceptors (Lipinski definition) is 4. The molecule has 0 aromatic heterocycles. The maximum absolute atomic E-state index is 11.3. The molecule has 0 aliphatic heterocycles. The summed E-state index contributed by atoms with van der Waals surface area (Å²) in [7, 11) is -1.32. The molecule has 1 aliphatic carbocycles. The minimum Gasteiger partial charge on any atom is -0.480 e. The Bertz CT molecular complexity index is 287. The van der Waals surface area contributed by atoms with Gasteiger partial charge in [0.05, 0.1) is 0 Å². The fourth-order valence-electron chi connectivity index (χ4n) is 3.02. The summed E-state index contributed by atoms with van der Waals surface area (Å²) in [5, 5.41) is 26.8. The van der Waals surface area contributed by atoms with E-state index in [2.05, 4.69) is 0 Å². The molecule has 1 aliphatic rings. The summed E-state index contributed by atoms with van der Waals surface area (Å²) in [6.45, 7) is 4.05. The Morgan fingerprint density at radius 3 is 2.53 bits per heavy atom. The first-order valence-electron chi connectivity index (χ1n) is 6.17. The normalized spacial score (nSPS) is 37.1. The van der Waals surface area contributed by atoms with E-state index in [0.29, 0.717) is 25.2 Å². The van der Waals surface area contributed by atoms with Crippen LogP contribution in [-0.4, -0.2) is 33.8 Å². The summed E-state index contributed by atoms with van der Waals surface area (Å²) < 4.78 is 0. The summed E-state index contributed by atoms with van der Waals surface area (Å²) in [4.78, 5) is 11.3. The van der Waals surface area contributed by atoms with E-state index in [4.69, 9.17) is 15.8 Å². The molecule has 4 atom stereocenters. The highest BCUT2D eigenvalue weighted by atomic mass is 16.4. The van der Waals surface area contributed by atoms with Crippen LogP contribution in [0.25, 0.3) is 0 Å². The lowest BCUT2D eigenvalue weighted by atomic mass is 9.76. The average Bonchev–Trinajstić information content (AvgIpc) is 2.42. The summed E-state index contributed by atoms with van der Waals surface area (Å²) in [6.07, 6.45) is 1.99. The van der Waals surface area contributed by atoms with Gasteiger partial charge in [-0.15, -0.1) is 0 Å². The SMILES string of the molecule is C[C@@H]1CC(N)(C(=O)O)C(CCCB(O)O)[C@@H]1C. The van der Waals surface area contributed by atoms with Gasteiger partial charge in [-0.25, -0.2) is 0 Å². The molecule has 0 spiro atoms. The fraction of sp³-hybridized carbons (Fsp3) is 0.909. The third-order valence-corrected chi connectivity index (χ3v) is 4.23. The smallest absolute Gasteiger partial charge is 0.451 e. The molecule has 0 saturated heterocycles. The van der Waals surface area contributed by atoms with Crippen molar-refractivity contribution >= 4 is 13.1 Å². The zero-order valence-electron chi connectivity index (χ0n) is 10.5. The van der Waals surface area contributed by atoms with Crippen LogP contribution in [0.2, 0.25) is 6.32 Å². The third-order valence-electron chi connectivity index (χ3n) is 4.23. The van der Waals surface area contributed by atoms with Gasteiger partial charge in [0, 0.05) is 0 Å². The van der Waals surface area contributed by atoms with Crippen molar-refractivity contribution in [2.24, 2.45) is 23.5 Å². The molecule has 0 bridgehead atoms. The number of carboxylic acid groups (broad SMARTS) is 1. The van der Waals surface area contributed by atoms with Crippen molar-refractivity contribution < 1.29 is 19.9 Å². The van der Waals surface area contributed by atoms with Crippen LogP contribution in [0.1, 0.15) is 33.1 Å². The molecule has 5 N–H and O–H groups in total. The van der Waals surface area contributed by atoms with Gasteiger partial charge in [0.1, 0.15) is 5.54 Å². The minimum atomic E-state index is -1.32. The third kappa shape index (κ3) is 3.00. The molecular formula is C11H22BNO4. The molecule has 0 amide bonds. The van der Waals surface area contributed by atoms with E-state index in [0.717, 1.165) is 0 Å². The molecule has 0 aromatic rings. The minimum absolute atomic E-state index is 0.0891. The van der Waals surface area contributed by atoms with Crippen molar-refractivity contribution in [1.82, 2.24) is 0 Å². The predicted molar refractivity (Wildman–Crippen MR) is 65.2 cm³/mol. The van der Waals surface area contributed by atoms with Crippen molar-refractivity contribution in [3.63, 3.8) is 0 Å². The second-order valence-electron chi connectivity index (χ2n) is 5.40. The van der Waals surface area contributed by atoms with Crippen molar-refractivity contribution in [2.45, 2.75) is 45.0 Å². The maximum Gasteiger partial charge on any atom is 0.451 e. The van der Waals surface area contributed by atoms with Crippen LogP contribution < -0.4 is 5.73 Å². The lowest BCUT2D eigenvalue weighted by molar-refractivity contribution is -0.145. The number of aliphatic carboxylic acids is 1. The molecule has 17 heavy (non-hydrogen) atoms. The van der Waals surface area contributed by atoms with Crippen molar-refractivity contribution in [3.8, 4) is 0 Å². The number of nitrogens with two attached hydrogens (primary N) is 1. The molecule has 2 unspecified atom stereocenters. The van der Waals surface area contributed by atoms with E-state index in [9.17, 15) is 9.90 Å². The van der Waals surface area contributed by atoms with E-state index in [1.807, 2.05) is 13.8 Å². The van der Waals surface area contributed by atoms with E-state index in [1.54, 1.807) is 0 Å². The monoisotopic (exact) mass is 243 g/mol. The molecule has 6 heteroatoms. The summed E-state index contributed by atoms with van der Waals surface area (Å²) in [5.41, 5.74) is 4.87. The molecule has 1 rings (SSSR count). The molecule has 5 nitrogen and oxygen atoms in total. The number of hydrogen-bond donors (Lipinski definition) is 4. The zero-order chi connectivity index (χ0) is 13.2. The highest BCUT2D eigenvalue weighted by molar-refractivity contribution is 6.40. The zero-order valence-corrected chi connectivity index (χ0v) is 10.5. The van der Waals surface area contributed by atoms with Crippen LogP contribution in [-0.2, 0) is 4.79 Å². The molecule has 0 aromatic carbocycles. The summed E-state index contributed by atoms with van der Waals surface area (Å²) >= 11 is 0. The molecule has 1 saturated carbocycles. The molecule has 0 radical (unpaired) electrons. The first-order valence-corrected chi connectivity index (χ1v) is 6.17. The van der Waals surface area contributed by atoms with Gasteiger partial charge in [-0.3, -0.25) is 4.79 Å². The molecular weight excluding hydrogens is 221 g/mol. The van der Waals surface area contributed by atoms with E-state index >= 15 is 0 Å². The van der Waals surface area contributed by atoms with E-state index in [-0.39, 0.29) is 18.2 Å². The highest BCUT2D eigenvalue weighted by Gasteiger charge is 2.52. The first-order chi connectivity index (χ1) is 7.79. The Kier molecular flexibility index (Phi) is 4.58. The van der Waals surface area contributed by atoms with E-state index < -0.39 is 18.6 Å². The van der Waals surface area contributed by atoms with Crippen molar-refractivity contribution in [1.29, 1.82) is 0 Å². The molecule has 98 valence electrons. The van der Waals surface area contributed by atoms with Crippen molar-refractivity contribution in [3.05, 3.63) is 0 Å². The van der Waals surface area contributed by atoms with Gasteiger partial charge < -0.3 is 20.9 Å². The first kappa shape index (κ1) is 14.5. The number of carbonyl (C=O) groups is 1. The Morgan fingerprint density at radius 2 is 2.06 bits per heavy atom. The van der Waals surface area contributed by atoms with Crippen LogP contribution in [0, 0.1) is 17.8 Å². The van der Waals surface area contributed by atoms with Gasteiger partial charge in [0.15, 0.2) is 0 Å². The van der Waals surface area contributed by atoms with Crippen LogP contribution in [0.5, 0.6) is 0 Å². The highest BCUT2D eigenvalue weighted by Crippen LogP contribution is 2.45.